The molecular formula is C13H16F2N2O3S. The van der Waals surface area contributed by atoms with Crippen molar-refractivity contribution in [2.75, 3.05) is 0 Å². The molecule has 3 N–H and O–H groups in total. The fourth-order valence-corrected chi connectivity index (χ4v) is 3.08. The van der Waals surface area contributed by atoms with Crippen LogP contribution in [0.1, 0.15) is 42.5 Å². The summed E-state index contributed by atoms with van der Waals surface area (Å²) < 4.78 is 50.2. The Morgan fingerprint density at radius 3 is 2.38 bits per heavy atom. The highest BCUT2D eigenvalue weighted by molar-refractivity contribution is 7.89. The molecule has 1 aromatic rings. The SMILES string of the molecule is NS(=O)(=O)c1ccc(F)c(C(=O)NC2CCCCC2)c1F. The number of halogens is 2. The molecule has 0 atom stereocenters. The van der Waals surface area contributed by atoms with E-state index in [-0.39, 0.29) is 6.04 Å². The van der Waals surface area contributed by atoms with E-state index in [9.17, 15) is 22.0 Å². The Bertz CT molecular complexity index is 656. The molecule has 1 amide bonds. The molecule has 2 rings (SSSR count). The minimum atomic E-state index is -4.36. The number of hydrogen-bond donors (Lipinski definition) is 2. The molecule has 0 aliphatic heterocycles. The van der Waals surface area contributed by atoms with Gasteiger partial charge in [-0.3, -0.25) is 4.79 Å². The number of rotatable bonds is 3. The summed E-state index contributed by atoms with van der Waals surface area (Å²) in [7, 11) is -4.36. The summed E-state index contributed by atoms with van der Waals surface area (Å²) in [6.07, 6.45) is 4.42. The molecule has 0 unspecified atom stereocenters. The van der Waals surface area contributed by atoms with Crippen molar-refractivity contribution in [1.29, 1.82) is 0 Å². The zero-order valence-electron chi connectivity index (χ0n) is 11.2. The predicted molar refractivity (Wildman–Crippen MR) is 72.1 cm³/mol. The van der Waals surface area contributed by atoms with Gasteiger partial charge >= 0.3 is 0 Å². The van der Waals surface area contributed by atoms with Crippen LogP contribution in [0.4, 0.5) is 8.78 Å². The predicted octanol–water partition coefficient (Wildman–Crippen LogP) is 1.67. The Labute approximate surface area is 121 Å². The van der Waals surface area contributed by atoms with Crippen LogP contribution in [0.15, 0.2) is 17.0 Å². The van der Waals surface area contributed by atoms with Crippen LogP contribution < -0.4 is 10.5 Å². The van der Waals surface area contributed by atoms with Crippen LogP contribution in [-0.4, -0.2) is 20.4 Å². The third-order valence-corrected chi connectivity index (χ3v) is 4.46. The van der Waals surface area contributed by atoms with Gasteiger partial charge in [0.1, 0.15) is 16.3 Å². The molecule has 0 spiro atoms. The number of amides is 1. The van der Waals surface area contributed by atoms with E-state index in [4.69, 9.17) is 5.14 Å². The highest BCUT2D eigenvalue weighted by atomic mass is 32.2. The molecule has 21 heavy (non-hydrogen) atoms. The highest BCUT2D eigenvalue weighted by Gasteiger charge is 2.26. The average Bonchev–Trinajstić information content (AvgIpc) is 2.38. The molecule has 0 heterocycles. The zero-order chi connectivity index (χ0) is 15.6. The molecule has 1 aliphatic rings. The highest BCUT2D eigenvalue weighted by Crippen LogP contribution is 2.22. The van der Waals surface area contributed by atoms with Gasteiger partial charge in [0.15, 0.2) is 5.82 Å². The summed E-state index contributed by atoms with van der Waals surface area (Å²) in [6, 6.07) is 1.28. The third kappa shape index (κ3) is 3.56. The van der Waals surface area contributed by atoms with Crippen molar-refractivity contribution in [1.82, 2.24) is 5.32 Å². The second kappa shape index (κ2) is 6.07. The standard InChI is InChI=1S/C13H16F2N2O3S/c14-9-6-7-10(21(16,19)20)12(15)11(9)13(18)17-8-4-2-1-3-5-8/h6-8H,1-5H2,(H,17,18)(H2,16,19,20). The van der Waals surface area contributed by atoms with Crippen LogP contribution in [-0.2, 0) is 10.0 Å². The molecule has 0 aromatic heterocycles. The number of nitrogens with one attached hydrogen (secondary N) is 1. The van der Waals surface area contributed by atoms with Gasteiger partial charge in [0.05, 0.1) is 0 Å². The molecule has 0 saturated heterocycles. The Kier molecular flexibility index (Phi) is 4.58. The molecule has 0 bridgehead atoms. The second-order valence-corrected chi connectivity index (χ2v) is 6.62. The van der Waals surface area contributed by atoms with Gasteiger partial charge in [-0.25, -0.2) is 22.3 Å². The van der Waals surface area contributed by atoms with Gasteiger partial charge in [0.25, 0.3) is 5.91 Å². The normalized spacial score (nSPS) is 16.7. The maximum absolute atomic E-state index is 14.1. The molecule has 116 valence electrons. The van der Waals surface area contributed by atoms with Crippen molar-refractivity contribution in [3.63, 3.8) is 0 Å². The Hall–Kier alpha value is -1.54. The maximum atomic E-state index is 14.1. The second-order valence-electron chi connectivity index (χ2n) is 5.09. The van der Waals surface area contributed by atoms with Gasteiger partial charge < -0.3 is 5.32 Å². The zero-order valence-corrected chi connectivity index (χ0v) is 12.1. The molecule has 8 heteroatoms. The first-order valence-corrected chi connectivity index (χ1v) is 8.17. The van der Waals surface area contributed by atoms with E-state index in [1.807, 2.05) is 0 Å². The van der Waals surface area contributed by atoms with Crippen LogP contribution >= 0.6 is 0 Å². The average molecular weight is 318 g/mol. The number of primary sulfonamides is 1. The quantitative estimate of drug-likeness (QED) is 0.888. The summed E-state index contributed by atoms with van der Waals surface area (Å²) in [4.78, 5) is 11.1. The minimum Gasteiger partial charge on any atom is -0.349 e. The lowest BCUT2D eigenvalue weighted by atomic mass is 9.95. The van der Waals surface area contributed by atoms with E-state index in [2.05, 4.69) is 5.32 Å². The summed E-state index contributed by atoms with van der Waals surface area (Å²) in [5, 5.41) is 7.38. The maximum Gasteiger partial charge on any atom is 0.257 e. The monoisotopic (exact) mass is 318 g/mol. The lowest BCUT2D eigenvalue weighted by molar-refractivity contribution is 0.0918. The third-order valence-electron chi connectivity index (χ3n) is 3.53. The van der Waals surface area contributed by atoms with Crippen molar-refractivity contribution in [3.8, 4) is 0 Å². The van der Waals surface area contributed by atoms with Gasteiger partial charge in [-0.15, -0.1) is 0 Å². The van der Waals surface area contributed by atoms with Gasteiger partial charge in [0.2, 0.25) is 10.0 Å². The number of carbonyl (C=O) groups is 1. The largest absolute Gasteiger partial charge is 0.349 e. The van der Waals surface area contributed by atoms with Crippen LogP contribution in [0, 0.1) is 11.6 Å². The van der Waals surface area contributed by atoms with Gasteiger partial charge in [-0.2, -0.15) is 0 Å². The molecule has 1 saturated carbocycles. The van der Waals surface area contributed by atoms with Crippen LogP contribution in [0.2, 0.25) is 0 Å². The first-order valence-electron chi connectivity index (χ1n) is 6.62. The number of benzene rings is 1. The van der Waals surface area contributed by atoms with Gasteiger partial charge in [0, 0.05) is 6.04 Å². The Balaban J connectivity index is 2.32. The van der Waals surface area contributed by atoms with Crippen molar-refractivity contribution in [3.05, 3.63) is 29.3 Å². The topological polar surface area (TPSA) is 89.3 Å². The first kappa shape index (κ1) is 15.8. The van der Waals surface area contributed by atoms with E-state index in [0.717, 1.165) is 38.2 Å². The van der Waals surface area contributed by atoms with E-state index in [1.165, 1.54) is 0 Å². The van der Waals surface area contributed by atoms with Gasteiger partial charge in [-0.05, 0) is 25.0 Å². The Morgan fingerprint density at radius 2 is 1.81 bits per heavy atom. The molecule has 0 radical (unpaired) electrons. The summed E-state index contributed by atoms with van der Waals surface area (Å²) >= 11 is 0. The summed E-state index contributed by atoms with van der Waals surface area (Å²) in [6.45, 7) is 0. The molecular weight excluding hydrogens is 302 g/mol. The minimum absolute atomic E-state index is 0.150. The summed E-state index contributed by atoms with van der Waals surface area (Å²) in [5.74, 6) is -3.53. The number of hydrogen-bond acceptors (Lipinski definition) is 3. The van der Waals surface area contributed by atoms with E-state index in [0.29, 0.717) is 6.07 Å². The van der Waals surface area contributed by atoms with E-state index in [1.54, 1.807) is 0 Å². The summed E-state index contributed by atoms with van der Waals surface area (Å²) in [5.41, 5.74) is -0.910. The smallest absolute Gasteiger partial charge is 0.257 e. The van der Waals surface area contributed by atoms with Crippen molar-refractivity contribution < 1.29 is 22.0 Å². The lowest BCUT2D eigenvalue weighted by Gasteiger charge is -2.23. The van der Waals surface area contributed by atoms with Crippen LogP contribution in [0.5, 0.6) is 0 Å². The van der Waals surface area contributed by atoms with Crippen LogP contribution in [0.3, 0.4) is 0 Å². The molecule has 5 nitrogen and oxygen atoms in total. The van der Waals surface area contributed by atoms with Crippen molar-refractivity contribution in [2.24, 2.45) is 5.14 Å². The van der Waals surface area contributed by atoms with Gasteiger partial charge in [-0.1, -0.05) is 19.3 Å². The number of nitrogens with two attached hydrogens (primary N) is 1. The van der Waals surface area contributed by atoms with E-state index < -0.39 is 38.0 Å². The molecule has 1 aliphatic carbocycles. The number of carbonyl (C=O) groups excluding carboxylic acids is 1. The van der Waals surface area contributed by atoms with E-state index >= 15 is 0 Å². The lowest BCUT2D eigenvalue weighted by Crippen LogP contribution is -2.37. The number of sulfonamides is 1. The first-order chi connectivity index (χ1) is 9.80. The fourth-order valence-electron chi connectivity index (χ4n) is 2.47. The van der Waals surface area contributed by atoms with Crippen LogP contribution in [0.25, 0.3) is 0 Å². The van der Waals surface area contributed by atoms with Crippen molar-refractivity contribution >= 4 is 15.9 Å². The molecule has 1 fully saturated rings. The molecule has 1 aromatic carbocycles. The van der Waals surface area contributed by atoms with Crippen molar-refractivity contribution in [2.45, 2.75) is 43.0 Å². The Morgan fingerprint density at radius 1 is 1.19 bits per heavy atom. The fraction of sp³-hybridized carbons (Fsp3) is 0.462.